The minimum absolute atomic E-state index is 0.0224. The molecule has 0 bridgehead atoms. The first-order valence-corrected chi connectivity index (χ1v) is 10.0. The highest BCUT2D eigenvalue weighted by Crippen LogP contribution is 2.46. The molecule has 7 heteroatoms. The van der Waals surface area contributed by atoms with Crippen LogP contribution in [0.3, 0.4) is 0 Å². The number of hydrogen-bond donors (Lipinski definition) is 0. The van der Waals surface area contributed by atoms with E-state index < -0.39 is 0 Å². The zero-order chi connectivity index (χ0) is 19.0. The van der Waals surface area contributed by atoms with E-state index in [0.29, 0.717) is 18.9 Å². The number of rotatable bonds is 6. The third-order valence-corrected chi connectivity index (χ3v) is 6.09. The van der Waals surface area contributed by atoms with Crippen LogP contribution < -0.4 is 0 Å². The molecule has 146 valence electrons. The van der Waals surface area contributed by atoms with E-state index in [4.69, 9.17) is 4.52 Å². The zero-order valence-corrected chi connectivity index (χ0v) is 16.6. The Bertz CT molecular complexity index is 812. The Labute approximate surface area is 160 Å². The molecule has 0 radical (unpaired) electrons. The highest BCUT2D eigenvalue weighted by Gasteiger charge is 2.44. The fraction of sp³-hybridized carbons (Fsp3) is 0.700. The molecular formula is C20H29N5O2. The maximum absolute atomic E-state index is 12.7. The van der Waals surface area contributed by atoms with Crippen molar-refractivity contribution in [1.82, 2.24) is 24.8 Å². The Morgan fingerprint density at radius 1 is 1.26 bits per heavy atom. The molecule has 0 atom stereocenters. The SMILES string of the molecule is Cc1cc(C)n(CCC(=O)N2CCC(CC3CC3)(c3noc(C)n3)CC2)n1. The average Bonchev–Trinajstić information content (AvgIpc) is 3.24. The zero-order valence-electron chi connectivity index (χ0n) is 16.6. The third kappa shape index (κ3) is 3.92. The first-order valence-electron chi connectivity index (χ1n) is 10.0. The first-order chi connectivity index (χ1) is 12.9. The predicted molar refractivity (Wildman–Crippen MR) is 100 cm³/mol. The molecule has 4 rings (SSSR count). The quantitative estimate of drug-likeness (QED) is 0.780. The minimum atomic E-state index is -0.0224. The molecule has 7 nitrogen and oxygen atoms in total. The van der Waals surface area contributed by atoms with Crippen LogP contribution in [0.25, 0.3) is 0 Å². The number of carbonyl (C=O) groups excluding carboxylic acids is 1. The van der Waals surface area contributed by atoms with Crippen LogP contribution in [0.15, 0.2) is 10.6 Å². The van der Waals surface area contributed by atoms with E-state index >= 15 is 0 Å². The third-order valence-electron chi connectivity index (χ3n) is 6.09. The lowest BCUT2D eigenvalue weighted by Gasteiger charge is -2.40. The molecule has 0 spiro atoms. The molecule has 2 aromatic heterocycles. The Morgan fingerprint density at radius 2 is 2.00 bits per heavy atom. The summed E-state index contributed by atoms with van der Waals surface area (Å²) >= 11 is 0. The van der Waals surface area contributed by atoms with Crippen LogP contribution >= 0.6 is 0 Å². The second-order valence-corrected chi connectivity index (χ2v) is 8.35. The van der Waals surface area contributed by atoms with Crippen LogP contribution in [0.2, 0.25) is 0 Å². The molecule has 1 amide bonds. The van der Waals surface area contributed by atoms with Gasteiger partial charge >= 0.3 is 0 Å². The molecular weight excluding hydrogens is 342 g/mol. The van der Waals surface area contributed by atoms with E-state index in [1.165, 1.54) is 12.8 Å². The van der Waals surface area contributed by atoms with E-state index in [2.05, 4.69) is 15.2 Å². The van der Waals surface area contributed by atoms with Crippen LogP contribution in [-0.2, 0) is 16.8 Å². The van der Waals surface area contributed by atoms with Gasteiger partial charge in [-0.15, -0.1) is 0 Å². The smallest absolute Gasteiger partial charge is 0.224 e. The Balaban J connectivity index is 1.37. The van der Waals surface area contributed by atoms with Crippen LogP contribution in [0.4, 0.5) is 0 Å². The Morgan fingerprint density at radius 3 is 2.56 bits per heavy atom. The van der Waals surface area contributed by atoms with Crippen molar-refractivity contribution < 1.29 is 9.32 Å². The van der Waals surface area contributed by atoms with Gasteiger partial charge in [-0.05, 0) is 45.1 Å². The summed E-state index contributed by atoms with van der Waals surface area (Å²) in [5, 5.41) is 8.70. The number of amides is 1. The van der Waals surface area contributed by atoms with Gasteiger partial charge in [0.1, 0.15) is 0 Å². The summed E-state index contributed by atoms with van der Waals surface area (Å²) in [6.45, 7) is 8.05. The lowest BCUT2D eigenvalue weighted by molar-refractivity contribution is -0.133. The molecule has 1 saturated carbocycles. The number of aromatic nitrogens is 4. The van der Waals surface area contributed by atoms with Crippen molar-refractivity contribution in [3.05, 3.63) is 29.2 Å². The molecule has 0 N–H and O–H groups in total. The van der Waals surface area contributed by atoms with Crippen molar-refractivity contribution in [2.45, 2.75) is 71.3 Å². The summed E-state index contributed by atoms with van der Waals surface area (Å²) in [6, 6.07) is 2.05. The second-order valence-electron chi connectivity index (χ2n) is 8.35. The van der Waals surface area contributed by atoms with Crippen LogP contribution in [-0.4, -0.2) is 43.8 Å². The Kier molecular flexibility index (Phi) is 4.78. The van der Waals surface area contributed by atoms with Gasteiger partial charge in [0.15, 0.2) is 5.82 Å². The largest absolute Gasteiger partial charge is 0.343 e. The van der Waals surface area contributed by atoms with E-state index in [1.54, 1.807) is 0 Å². The fourth-order valence-corrected chi connectivity index (χ4v) is 4.35. The van der Waals surface area contributed by atoms with E-state index in [0.717, 1.165) is 55.5 Å². The van der Waals surface area contributed by atoms with Gasteiger partial charge in [0, 0.05) is 44.1 Å². The number of aryl methyl sites for hydroxylation is 4. The van der Waals surface area contributed by atoms with Crippen LogP contribution in [0.1, 0.15) is 61.6 Å². The molecule has 2 aromatic rings. The summed E-state index contributed by atoms with van der Waals surface area (Å²) in [4.78, 5) is 19.3. The summed E-state index contributed by atoms with van der Waals surface area (Å²) < 4.78 is 7.20. The van der Waals surface area contributed by atoms with Crippen molar-refractivity contribution in [1.29, 1.82) is 0 Å². The summed E-state index contributed by atoms with van der Waals surface area (Å²) in [6.07, 6.45) is 6.09. The highest BCUT2D eigenvalue weighted by atomic mass is 16.5. The second kappa shape index (κ2) is 7.09. The number of carbonyl (C=O) groups is 1. The summed E-state index contributed by atoms with van der Waals surface area (Å²) in [5.41, 5.74) is 2.08. The summed E-state index contributed by atoms with van der Waals surface area (Å²) in [5.74, 6) is 2.48. The average molecular weight is 371 g/mol. The fourth-order valence-electron chi connectivity index (χ4n) is 4.35. The lowest BCUT2D eigenvalue weighted by atomic mass is 9.73. The van der Waals surface area contributed by atoms with E-state index in [9.17, 15) is 4.79 Å². The first kappa shape index (κ1) is 18.2. The molecule has 1 saturated heterocycles. The Hall–Kier alpha value is -2.18. The number of piperidine rings is 1. The van der Waals surface area contributed by atoms with Gasteiger partial charge in [-0.25, -0.2) is 0 Å². The lowest BCUT2D eigenvalue weighted by Crippen LogP contribution is -2.46. The normalized spacial score (nSPS) is 19.4. The number of hydrogen-bond acceptors (Lipinski definition) is 5. The van der Waals surface area contributed by atoms with Crippen molar-refractivity contribution in [2.75, 3.05) is 13.1 Å². The van der Waals surface area contributed by atoms with E-state index in [-0.39, 0.29) is 11.3 Å². The summed E-state index contributed by atoms with van der Waals surface area (Å²) in [7, 11) is 0. The van der Waals surface area contributed by atoms with Crippen molar-refractivity contribution in [3.8, 4) is 0 Å². The van der Waals surface area contributed by atoms with Crippen molar-refractivity contribution in [2.24, 2.45) is 5.92 Å². The van der Waals surface area contributed by atoms with Crippen LogP contribution in [0.5, 0.6) is 0 Å². The maximum atomic E-state index is 12.7. The maximum Gasteiger partial charge on any atom is 0.224 e. The van der Waals surface area contributed by atoms with Gasteiger partial charge in [0.25, 0.3) is 0 Å². The molecule has 1 aliphatic heterocycles. The molecule has 0 aromatic carbocycles. The minimum Gasteiger partial charge on any atom is -0.343 e. The van der Waals surface area contributed by atoms with E-state index in [1.807, 2.05) is 36.4 Å². The highest BCUT2D eigenvalue weighted by molar-refractivity contribution is 5.76. The number of nitrogens with zero attached hydrogens (tertiary/aromatic N) is 5. The topological polar surface area (TPSA) is 77.0 Å². The molecule has 2 fully saturated rings. The molecule has 27 heavy (non-hydrogen) atoms. The number of likely N-dealkylation sites (tertiary alicyclic amines) is 1. The van der Waals surface area contributed by atoms with Gasteiger partial charge in [0.05, 0.1) is 5.69 Å². The van der Waals surface area contributed by atoms with Crippen molar-refractivity contribution in [3.63, 3.8) is 0 Å². The molecule has 2 aliphatic rings. The van der Waals surface area contributed by atoms with Gasteiger partial charge in [-0.3, -0.25) is 9.48 Å². The standard InChI is InChI=1S/C20H29N5O2/c1-14-12-15(2)25(22-14)9-6-18(26)24-10-7-20(8-11-24,13-17-4-5-17)19-21-16(3)27-23-19/h12,17H,4-11,13H2,1-3H3. The predicted octanol–water partition coefficient (Wildman–Crippen LogP) is 2.94. The van der Waals surface area contributed by atoms with Crippen LogP contribution in [0, 0.1) is 26.7 Å². The molecule has 1 aliphatic carbocycles. The molecule has 0 unspecified atom stereocenters. The molecule has 3 heterocycles. The van der Waals surface area contributed by atoms with Gasteiger partial charge in [0.2, 0.25) is 11.8 Å². The van der Waals surface area contributed by atoms with Gasteiger partial charge in [-0.2, -0.15) is 10.1 Å². The monoisotopic (exact) mass is 371 g/mol. The van der Waals surface area contributed by atoms with Gasteiger partial charge < -0.3 is 9.42 Å². The van der Waals surface area contributed by atoms with Gasteiger partial charge in [-0.1, -0.05) is 18.0 Å². The van der Waals surface area contributed by atoms with Crippen molar-refractivity contribution >= 4 is 5.91 Å².